The first-order valence-electron chi connectivity index (χ1n) is 11.6. The average Bonchev–Trinajstić information content (AvgIpc) is 2.85. The molecule has 10 heteroatoms. The highest BCUT2D eigenvalue weighted by Gasteiger charge is 2.10. The molecule has 3 rings (SSSR count). The van der Waals surface area contributed by atoms with Gasteiger partial charge in [0.25, 0.3) is 0 Å². The number of benzene rings is 3. The first-order valence-corrected chi connectivity index (χ1v) is 13.1. The fraction of sp³-hybridized carbons (Fsp3) is 0.269. The predicted octanol–water partition coefficient (Wildman–Crippen LogP) is 2.66. The Hall–Kier alpha value is -3.60. The van der Waals surface area contributed by atoms with E-state index in [1.165, 1.54) is 6.92 Å². The lowest BCUT2D eigenvalue weighted by Gasteiger charge is -2.14. The molecule has 0 aliphatic carbocycles. The van der Waals surface area contributed by atoms with Crippen LogP contribution in [0.2, 0.25) is 0 Å². The molecule has 0 saturated carbocycles. The van der Waals surface area contributed by atoms with Crippen molar-refractivity contribution in [1.82, 2.24) is 10.6 Å². The number of aliphatic hydroxyl groups is 1. The molecule has 3 aromatic rings. The van der Waals surface area contributed by atoms with E-state index in [1.54, 1.807) is 42.5 Å². The highest BCUT2D eigenvalue weighted by Crippen LogP contribution is 2.15. The molecule has 0 radical (unpaired) electrons. The van der Waals surface area contributed by atoms with Crippen molar-refractivity contribution in [2.45, 2.75) is 26.0 Å². The molecular weight excluding hydrogens is 480 g/mol. The van der Waals surface area contributed by atoms with Gasteiger partial charge in [0.2, 0.25) is 5.91 Å². The smallest absolute Gasteiger partial charge is 0.321 e. The number of carbonyl (C=O) groups excluding carboxylic acids is 1. The predicted molar refractivity (Wildman–Crippen MR) is 141 cm³/mol. The minimum absolute atomic E-state index is 0.0977. The van der Waals surface area contributed by atoms with Gasteiger partial charge in [-0.1, -0.05) is 42.5 Å². The van der Waals surface area contributed by atoms with Crippen LogP contribution in [0.25, 0.3) is 0 Å². The van der Waals surface area contributed by atoms with Crippen LogP contribution in [0.4, 0.5) is 11.4 Å². The SMILES string of the molecule is CC(=O)NCc1cccc(OC[C@@H](O)CNCCc2ccc(NS(=O)(=O)Nc3ccccc3)cc2)c1. The molecule has 1 amide bonds. The van der Waals surface area contributed by atoms with Gasteiger partial charge in [0.15, 0.2) is 0 Å². The highest BCUT2D eigenvalue weighted by atomic mass is 32.2. The number of hydrogen-bond donors (Lipinski definition) is 5. The van der Waals surface area contributed by atoms with E-state index in [-0.39, 0.29) is 12.5 Å². The standard InChI is InChI=1S/C26H32N4O5S/c1-20(31)28-17-22-6-5-9-26(16-22)35-19-25(32)18-27-15-14-21-10-12-24(13-11-21)30-36(33,34)29-23-7-3-2-4-8-23/h2-13,16,25,27,29-30,32H,14-15,17-19H2,1H3,(H,28,31)/t25-/m0/s1. The molecule has 1 atom stereocenters. The summed E-state index contributed by atoms with van der Waals surface area (Å²) in [5.41, 5.74) is 2.89. The van der Waals surface area contributed by atoms with Gasteiger partial charge in [-0.2, -0.15) is 8.42 Å². The Kier molecular flexibility index (Phi) is 10.1. The summed E-state index contributed by atoms with van der Waals surface area (Å²) in [6, 6.07) is 23.2. The fourth-order valence-corrected chi connectivity index (χ4v) is 4.25. The molecule has 192 valence electrons. The van der Waals surface area contributed by atoms with E-state index >= 15 is 0 Å². The molecule has 0 aromatic heterocycles. The van der Waals surface area contributed by atoms with Gasteiger partial charge in [-0.3, -0.25) is 14.2 Å². The zero-order valence-corrected chi connectivity index (χ0v) is 20.9. The van der Waals surface area contributed by atoms with Gasteiger partial charge in [-0.05, 0) is 60.5 Å². The van der Waals surface area contributed by atoms with E-state index in [2.05, 4.69) is 20.1 Å². The topological polar surface area (TPSA) is 129 Å². The van der Waals surface area contributed by atoms with Crippen LogP contribution in [-0.2, 0) is 28.0 Å². The van der Waals surface area contributed by atoms with Crippen molar-refractivity contribution in [3.63, 3.8) is 0 Å². The lowest BCUT2D eigenvalue weighted by atomic mass is 10.1. The largest absolute Gasteiger partial charge is 0.491 e. The zero-order chi connectivity index (χ0) is 25.8. The van der Waals surface area contributed by atoms with E-state index < -0.39 is 16.3 Å². The van der Waals surface area contributed by atoms with Crippen LogP contribution in [0.3, 0.4) is 0 Å². The van der Waals surface area contributed by atoms with Gasteiger partial charge in [-0.25, -0.2) is 0 Å². The maximum absolute atomic E-state index is 12.3. The summed E-state index contributed by atoms with van der Waals surface area (Å²) in [6.45, 7) is 3.05. The molecule has 9 nitrogen and oxygen atoms in total. The van der Waals surface area contributed by atoms with Crippen LogP contribution in [0.1, 0.15) is 18.1 Å². The van der Waals surface area contributed by atoms with Crippen LogP contribution >= 0.6 is 0 Å². The van der Waals surface area contributed by atoms with Gasteiger partial charge in [0, 0.05) is 20.0 Å². The number of anilines is 2. The minimum Gasteiger partial charge on any atom is -0.491 e. The monoisotopic (exact) mass is 512 g/mol. The highest BCUT2D eigenvalue weighted by molar-refractivity contribution is 7.94. The van der Waals surface area contributed by atoms with Gasteiger partial charge in [-0.15, -0.1) is 0 Å². The van der Waals surface area contributed by atoms with E-state index in [1.807, 2.05) is 36.4 Å². The molecule has 0 aliphatic rings. The Morgan fingerprint density at radius 3 is 2.31 bits per heavy atom. The molecule has 0 spiro atoms. The van der Waals surface area contributed by atoms with Crippen LogP contribution in [0.5, 0.6) is 5.75 Å². The Labute approximate surface area is 212 Å². The molecule has 0 heterocycles. The summed E-state index contributed by atoms with van der Waals surface area (Å²) in [7, 11) is -3.73. The van der Waals surface area contributed by atoms with Crippen molar-refractivity contribution in [2.24, 2.45) is 0 Å². The van der Waals surface area contributed by atoms with E-state index in [9.17, 15) is 18.3 Å². The van der Waals surface area contributed by atoms with Gasteiger partial charge >= 0.3 is 10.2 Å². The van der Waals surface area contributed by atoms with E-state index in [4.69, 9.17) is 4.74 Å². The molecule has 3 aromatic carbocycles. The van der Waals surface area contributed by atoms with Crippen molar-refractivity contribution in [2.75, 3.05) is 29.1 Å². The third kappa shape index (κ3) is 9.95. The lowest BCUT2D eigenvalue weighted by Crippen LogP contribution is -2.32. The molecule has 36 heavy (non-hydrogen) atoms. The maximum atomic E-state index is 12.3. The van der Waals surface area contributed by atoms with Crippen molar-refractivity contribution in [3.8, 4) is 5.75 Å². The Balaban J connectivity index is 1.34. The van der Waals surface area contributed by atoms with Crippen molar-refractivity contribution in [3.05, 3.63) is 90.0 Å². The maximum Gasteiger partial charge on any atom is 0.321 e. The van der Waals surface area contributed by atoms with Crippen LogP contribution in [0.15, 0.2) is 78.9 Å². The molecule has 0 saturated heterocycles. The number of aliphatic hydroxyl groups excluding tert-OH is 1. The fourth-order valence-electron chi connectivity index (χ4n) is 3.31. The van der Waals surface area contributed by atoms with E-state index in [0.717, 1.165) is 11.1 Å². The van der Waals surface area contributed by atoms with Crippen molar-refractivity contribution in [1.29, 1.82) is 0 Å². The summed E-state index contributed by atoms with van der Waals surface area (Å²) in [5.74, 6) is 0.533. The van der Waals surface area contributed by atoms with E-state index in [0.29, 0.717) is 43.2 Å². The van der Waals surface area contributed by atoms with Crippen molar-refractivity contribution >= 4 is 27.5 Å². The van der Waals surface area contributed by atoms with Gasteiger partial charge in [0.1, 0.15) is 18.5 Å². The van der Waals surface area contributed by atoms with Gasteiger partial charge in [0.05, 0.1) is 11.4 Å². The molecule has 0 bridgehead atoms. The normalized spacial score (nSPS) is 11.9. The third-order valence-electron chi connectivity index (χ3n) is 5.08. The zero-order valence-electron chi connectivity index (χ0n) is 20.1. The number of amides is 1. The number of carbonyl (C=O) groups is 1. The van der Waals surface area contributed by atoms with Crippen LogP contribution in [-0.4, -0.2) is 45.2 Å². The molecule has 0 aliphatic heterocycles. The second-order valence-electron chi connectivity index (χ2n) is 8.25. The van der Waals surface area contributed by atoms with Crippen molar-refractivity contribution < 1.29 is 23.1 Å². The summed E-state index contributed by atoms with van der Waals surface area (Å²) in [4.78, 5) is 11.0. The van der Waals surface area contributed by atoms with Crippen LogP contribution in [0, 0.1) is 0 Å². The number of nitrogens with one attached hydrogen (secondary N) is 4. The third-order valence-corrected chi connectivity index (χ3v) is 6.09. The summed E-state index contributed by atoms with van der Waals surface area (Å²) >= 11 is 0. The summed E-state index contributed by atoms with van der Waals surface area (Å²) < 4.78 is 35.1. The Morgan fingerprint density at radius 2 is 1.61 bits per heavy atom. The summed E-state index contributed by atoms with van der Waals surface area (Å²) in [5, 5.41) is 16.1. The van der Waals surface area contributed by atoms with Gasteiger partial charge < -0.3 is 20.5 Å². The molecule has 0 fully saturated rings. The number of para-hydroxylation sites is 1. The first kappa shape index (κ1) is 27.0. The molecule has 0 unspecified atom stereocenters. The quantitative estimate of drug-likeness (QED) is 0.211. The number of hydrogen-bond acceptors (Lipinski definition) is 6. The Morgan fingerprint density at radius 1 is 0.917 bits per heavy atom. The lowest BCUT2D eigenvalue weighted by molar-refractivity contribution is -0.119. The Bertz CT molecular complexity index is 1200. The average molecular weight is 513 g/mol. The first-order chi connectivity index (χ1) is 17.3. The second-order valence-corrected chi connectivity index (χ2v) is 9.66. The number of ether oxygens (including phenoxy) is 1. The van der Waals surface area contributed by atoms with Crippen LogP contribution < -0.4 is 24.8 Å². The molecular formula is C26H32N4O5S. The minimum atomic E-state index is -3.73. The molecule has 5 N–H and O–H groups in total. The number of rotatable bonds is 14. The summed E-state index contributed by atoms with van der Waals surface area (Å²) in [6.07, 6.45) is 0.0338. The second kappa shape index (κ2) is 13.5.